The summed E-state index contributed by atoms with van der Waals surface area (Å²) in [5.41, 5.74) is 6.15. The first-order valence-electron chi connectivity index (χ1n) is 6.85. The Hall–Kier alpha value is -0.940. The van der Waals surface area contributed by atoms with E-state index in [2.05, 4.69) is 10.3 Å². The number of nitrogens with two attached hydrogens (primary N) is 1. The van der Waals surface area contributed by atoms with Crippen molar-refractivity contribution >= 4 is 17.2 Å². The van der Waals surface area contributed by atoms with Gasteiger partial charge in [0.05, 0.1) is 17.1 Å². The van der Waals surface area contributed by atoms with Crippen molar-refractivity contribution in [3.05, 3.63) is 16.1 Å². The molecule has 0 fully saturated rings. The van der Waals surface area contributed by atoms with Crippen molar-refractivity contribution in [2.24, 2.45) is 5.73 Å². The average molecular weight is 283 g/mol. The van der Waals surface area contributed by atoms with Crippen LogP contribution in [0, 0.1) is 0 Å². The number of thiazole rings is 1. The minimum Gasteiger partial charge on any atom is -0.351 e. The van der Waals surface area contributed by atoms with Crippen LogP contribution in [0.4, 0.5) is 0 Å². The number of aromatic nitrogens is 1. The molecule has 4 nitrogen and oxygen atoms in total. The van der Waals surface area contributed by atoms with E-state index in [-0.39, 0.29) is 11.4 Å². The van der Waals surface area contributed by atoms with Gasteiger partial charge in [0.15, 0.2) is 0 Å². The maximum absolute atomic E-state index is 11.8. The normalized spacial score (nSPS) is 11.6. The van der Waals surface area contributed by atoms with E-state index in [1.165, 1.54) is 0 Å². The first-order valence-corrected chi connectivity index (χ1v) is 7.73. The summed E-state index contributed by atoms with van der Waals surface area (Å²) in [5.74, 6) is 0.0347. The third-order valence-electron chi connectivity index (χ3n) is 2.55. The number of nitrogens with one attached hydrogen (secondary N) is 1. The molecular formula is C14H25N3OS. The molecule has 0 bridgehead atoms. The lowest BCUT2D eigenvalue weighted by molar-refractivity contribution is -0.121. The molecule has 1 rings (SSSR count). The van der Waals surface area contributed by atoms with Gasteiger partial charge in [-0.25, -0.2) is 4.98 Å². The van der Waals surface area contributed by atoms with Crippen LogP contribution in [-0.4, -0.2) is 23.0 Å². The fraction of sp³-hybridized carbons (Fsp3) is 0.714. The Morgan fingerprint density at radius 2 is 2.11 bits per heavy atom. The highest BCUT2D eigenvalue weighted by Gasteiger charge is 2.15. The van der Waals surface area contributed by atoms with Gasteiger partial charge in [-0.1, -0.05) is 6.42 Å². The lowest BCUT2D eigenvalue weighted by Crippen LogP contribution is -2.41. The maximum Gasteiger partial charge on any atom is 0.226 e. The summed E-state index contributed by atoms with van der Waals surface area (Å²) in [4.78, 5) is 16.3. The molecule has 0 radical (unpaired) electrons. The minimum absolute atomic E-state index is 0.0347. The van der Waals surface area contributed by atoms with Gasteiger partial charge in [0.2, 0.25) is 5.91 Å². The highest BCUT2D eigenvalue weighted by Crippen LogP contribution is 2.14. The number of rotatable bonds is 7. The van der Waals surface area contributed by atoms with Gasteiger partial charge < -0.3 is 11.1 Å². The molecule has 1 heterocycles. The van der Waals surface area contributed by atoms with Gasteiger partial charge in [-0.15, -0.1) is 11.3 Å². The summed E-state index contributed by atoms with van der Waals surface area (Å²) in [5, 5.41) is 6.06. The number of carbonyl (C=O) groups is 1. The molecule has 0 spiro atoms. The van der Waals surface area contributed by atoms with Crippen LogP contribution in [0.5, 0.6) is 0 Å². The second kappa shape index (κ2) is 7.60. The van der Waals surface area contributed by atoms with Crippen LogP contribution in [0.15, 0.2) is 5.38 Å². The number of carbonyl (C=O) groups excluding carboxylic acids is 1. The number of aryl methyl sites for hydroxylation is 1. The largest absolute Gasteiger partial charge is 0.351 e. The first kappa shape index (κ1) is 16.1. The van der Waals surface area contributed by atoms with Crippen molar-refractivity contribution in [1.29, 1.82) is 0 Å². The van der Waals surface area contributed by atoms with E-state index >= 15 is 0 Å². The molecule has 0 aromatic carbocycles. The van der Waals surface area contributed by atoms with E-state index in [0.29, 0.717) is 6.42 Å². The highest BCUT2D eigenvalue weighted by atomic mass is 32.1. The zero-order valence-electron chi connectivity index (χ0n) is 12.2. The SMILES string of the molecule is CC(C)(C)NC(=O)Cc1csc(CCCCCN)n1. The second-order valence-electron chi connectivity index (χ2n) is 5.81. The second-order valence-corrected chi connectivity index (χ2v) is 6.75. The van der Waals surface area contributed by atoms with Crippen molar-refractivity contribution < 1.29 is 4.79 Å². The number of unbranched alkanes of at least 4 members (excludes halogenated alkanes) is 2. The summed E-state index contributed by atoms with van der Waals surface area (Å²) in [6, 6.07) is 0. The number of hydrogen-bond donors (Lipinski definition) is 2. The summed E-state index contributed by atoms with van der Waals surface area (Å²) >= 11 is 1.65. The molecule has 0 unspecified atom stereocenters. The van der Waals surface area contributed by atoms with Crippen molar-refractivity contribution in [1.82, 2.24) is 10.3 Å². The zero-order valence-corrected chi connectivity index (χ0v) is 13.0. The Kier molecular flexibility index (Phi) is 6.45. The summed E-state index contributed by atoms with van der Waals surface area (Å²) in [6.07, 6.45) is 4.71. The molecule has 0 aliphatic carbocycles. The Labute approximate surface area is 119 Å². The van der Waals surface area contributed by atoms with Crippen LogP contribution >= 0.6 is 11.3 Å². The van der Waals surface area contributed by atoms with E-state index < -0.39 is 0 Å². The lowest BCUT2D eigenvalue weighted by Gasteiger charge is -2.20. The molecule has 0 saturated heterocycles. The highest BCUT2D eigenvalue weighted by molar-refractivity contribution is 7.09. The monoisotopic (exact) mass is 283 g/mol. The fourth-order valence-electron chi connectivity index (χ4n) is 1.77. The van der Waals surface area contributed by atoms with Gasteiger partial charge >= 0.3 is 0 Å². The standard InChI is InChI=1S/C14H25N3OS/c1-14(2,3)17-12(18)9-11-10-19-13(16-11)7-5-4-6-8-15/h10H,4-9,15H2,1-3H3,(H,17,18). The zero-order chi connectivity index (χ0) is 14.3. The summed E-state index contributed by atoms with van der Waals surface area (Å²) in [7, 11) is 0. The molecule has 0 aliphatic rings. The number of nitrogens with zero attached hydrogens (tertiary/aromatic N) is 1. The Morgan fingerprint density at radius 3 is 2.74 bits per heavy atom. The van der Waals surface area contributed by atoms with E-state index in [9.17, 15) is 4.79 Å². The molecule has 5 heteroatoms. The molecule has 19 heavy (non-hydrogen) atoms. The van der Waals surface area contributed by atoms with Gasteiger partial charge in [0.1, 0.15) is 0 Å². The Bertz CT molecular complexity index is 396. The third-order valence-corrected chi connectivity index (χ3v) is 3.51. The minimum atomic E-state index is -0.182. The van der Waals surface area contributed by atoms with Crippen LogP contribution in [0.1, 0.15) is 50.7 Å². The maximum atomic E-state index is 11.8. The van der Waals surface area contributed by atoms with Gasteiger partial charge in [0.25, 0.3) is 0 Å². The molecular weight excluding hydrogens is 258 g/mol. The molecule has 0 atom stereocenters. The lowest BCUT2D eigenvalue weighted by atomic mass is 10.1. The topological polar surface area (TPSA) is 68.0 Å². The van der Waals surface area contributed by atoms with Gasteiger partial charge in [-0.2, -0.15) is 0 Å². The molecule has 1 aromatic heterocycles. The van der Waals surface area contributed by atoms with E-state index in [1.807, 2.05) is 26.2 Å². The fourth-order valence-corrected chi connectivity index (χ4v) is 2.61. The third kappa shape index (κ3) is 7.28. The molecule has 1 amide bonds. The van der Waals surface area contributed by atoms with E-state index in [1.54, 1.807) is 11.3 Å². The molecule has 1 aromatic rings. The molecule has 108 valence electrons. The molecule has 3 N–H and O–H groups in total. The average Bonchev–Trinajstić information content (AvgIpc) is 2.69. The van der Waals surface area contributed by atoms with Crippen LogP contribution in [0.3, 0.4) is 0 Å². The van der Waals surface area contributed by atoms with Gasteiger partial charge in [-0.3, -0.25) is 4.79 Å². The van der Waals surface area contributed by atoms with Crippen LogP contribution in [-0.2, 0) is 17.6 Å². The van der Waals surface area contributed by atoms with Crippen LogP contribution < -0.4 is 11.1 Å². The predicted molar refractivity (Wildman–Crippen MR) is 80.3 cm³/mol. The Morgan fingerprint density at radius 1 is 1.37 bits per heavy atom. The first-order chi connectivity index (χ1) is 8.90. The summed E-state index contributed by atoms with van der Waals surface area (Å²) < 4.78 is 0. The number of amides is 1. The molecule has 0 aliphatic heterocycles. The van der Waals surface area contributed by atoms with Gasteiger partial charge in [0, 0.05) is 10.9 Å². The van der Waals surface area contributed by atoms with E-state index in [0.717, 1.165) is 42.9 Å². The van der Waals surface area contributed by atoms with Crippen molar-refractivity contribution in [3.8, 4) is 0 Å². The number of hydrogen-bond acceptors (Lipinski definition) is 4. The van der Waals surface area contributed by atoms with Gasteiger partial charge in [-0.05, 0) is 46.6 Å². The quantitative estimate of drug-likeness (QED) is 0.754. The smallest absolute Gasteiger partial charge is 0.226 e. The van der Waals surface area contributed by atoms with Crippen LogP contribution in [0.2, 0.25) is 0 Å². The van der Waals surface area contributed by atoms with Crippen molar-refractivity contribution in [3.63, 3.8) is 0 Å². The van der Waals surface area contributed by atoms with Crippen LogP contribution in [0.25, 0.3) is 0 Å². The van der Waals surface area contributed by atoms with E-state index in [4.69, 9.17) is 5.73 Å². The Balaban J connectivity index is 2.36. The summed E-state index contributed by atoms with van der Waals surface area (Å²) in [6.45, 7) is 6.70. The van der Waals surface area contributed by atoms with Crippen molar-refractivity contribution in [2.45, 2.75) is 58.4 Å². The predicted octanol–water partition coefficient (Wildman–Crippen LogP) is 2.27. The van der Waals surface area contributed by atoms with Crippen molar-refractivity contribution in [2.75, 3.05) is 6.54 Å². The molecule has 0 saturated carbocycles.